The van der Waals surface area contributed by atoms with E-state index in [2.05, 4.69) is 0 Å². The quantitative estimate of drug-likeness (QED) is 0.511. The van der Waals surface area contributed by atoms with Crippen molar-refractivity contribution in [3.8, 4) is 0 Å². The molecule has 1 atom stereocenters. The normalized spacial score (nSPS) is 11.8. The van der Waals surface area contributed by atoms with Gasteiger partial charge in [0.1, 0.15) is 6.04 Å². The van der Waals surface area contributed by atoms with Gasteiger partial charge >= 0.3 is 11.9 Å². The Morgan fingerprint density at radius 3 is 2.08 bits per heavy atom. The number of amides is 1. The lowest BCUT2D eigenvalue weighted by Gasteiger charge is -2.09. The maximum absolute atomic E-state index is 10.4. The average Bonchev–Trinajstić information content (AvgIpc) is 1.83. The van der Waals surface area contributed by atoms with Gasteiger partial charge in [0.25, 0.3) is 0 Å². The van der Waals surface area contributed by atoms with E-state index in [1.165, 1.54) is 0 Å². The Morgan fingerprint density at radius 1 is 1.33 bits per heavy atom. The molecule has 0 rings (SSSR count). The van der Waals surface area contributed by atoms with Crippen molar-refractivity contribution in [1.82, 2.24) is 5.32 Å². The molecule has 0 aromatic rings. The highest BCUT2D eigenvalue weighted by Crippen LogP contribution is 1.91. The smallest absolute Gasteiger partial charge is 0.326 e. The fourth-order valence-electron chi connectivity index (χ4n) is 0.620. The first-order valence-electron chi connectivity index (χ1n) is 3.15. The van der Waals surface area contributed by atoms with Gasteiger partial charge in [0.05, 0.1) is 6.42 Å². The second-order valence-electron chi connectivity index (χ2n) is 2.19. The predicted molar refractivity (Wildman–Crippen MR) is 37.5 cm³/mol. The lowest BCUT2D eigenvalue weighted by atomic mass is 10.2. The van der Waals surface area contributed by atoms with Crippen molar-refractivity contribution in [2.75, 3.05) is 0 Å². The molecule has 12 heavy (non-hydrogen) atoms. The van der Waals surface area contributed by atoms with E-state index < -0.39 is 30.3 Å². The van der Waals surface area contributed by atoms with Crippen molar-refractivity contribution in [2.24, 2.45) is 0 Å². The molecule has 0 aliphatic carbocycles. The van der Waals surface area contributed by atoms with Gasteiger partial charge in [-0.25, -0.2) is 4.79 Å². The Labute approximate surface area is 68.2 Å². The number of carboxylic acid groups (broad SMARTS) is 2. The molecule has 0 aromatic carbocycles. The fourth-order valence-corrected chi connectivity index (χ4v) is 0.620. The minimum absolute atomic E-state index is 0.566. The molecule has 0 saturated heterocycles. The van der Waals surface area contributed by atoms with Crippen LogP contribution in [0.2, 0.25) is 0 Å². The van der Waals surface area contributed by atoms with Crippen LogP contribution in [0.1, 0.15) is 13.3 Å². The van der Waals surface area contributed by atoms with Gasteiger partial charge in [0.15, 0.2) is 0 Å². The van der Waals surface area contributed by atoms with Crippen molar-refractivity contribution in [3.05, 3.63) is 0 Å². The van der Waals surface area contributed by atoms with Crippen LogP contribution in [0, 0.1) is 0 Å². The van der Waals surface area contributed by atoms with Crippen LogP contribution in [0.25, 0.3) is 0 Å². The summed E-state index contributed by atoms with van der Waals surface area (Å²) in [4.78, 5) is 30.7. The predicted octanol–water partition coefficient (Wildman–Crippen LogP) is -0.950. The van der Waals surface area contributed by atoms with Gasteiger partial charge in [0, 0.05) is 6.92 Å². The monoisotopic (exact) mass is 175 g/mol. The Kier molecular flexibility index (Phi) is 3.75. The second kappa shape index (κ2) is 4.32. The lowest BCUT2D eigenvalue weighted by molar-refractivity contribution is -0.147. The Bertz CT molecular complexity index is 196. The molecular formula is C6H9NO5. The van der Waals surface area contributed by atoms with Crippen molar-refractivity contribution >= 4 is 17.8 Å². The van der Waals surface area contributed by atoms with Crippen molar-refractivity contribution < 1.29 is 24.6 Å². The number of hydrogen-bond acceptors (Lipinski definition) is 3. The van der Waals surface area contributed by atoms with Crippen molar-refractivity contribution in [3.63, 3.8) is 0 Å². The lowest BCUT2D eigenvalue weighted by Crippen LogP contribution is -2.41. The minimum atomic E-state index is -1.35. The molecule has 6 heteroatoms. The fraction of sp³-hybridized carbons (Fsp3) is 0.500. The molecule has 0 heterocycles. The third-order valence-electron chi connectivity index (χ3n) is 1.05. The zero-order valence-corrected chi connectivity index (χ0v) is 6.40. The molecular weight excluding hydrogens is 166 g/mol. The van der Waals surface area contributed by atoms with Gasteiger partial charge < -0.3 is 15.5 Å². The molecule has 0 aromatic heterocycles. The highest BCUT2D eigenvalue weighted by atomic mass is 16.4. The van der Waals surface area contributed by atoms with Crippen LogP contribution in [0.4, 0.5) is 0 Å². The number of nitrogens with one attached hydrogen (secondary N) is 1. The summed E-state index contributed by atoms with van der Waals surface area (Å²) in [5.74, 6) is -3.19. The molecule has 3 N–H and O–H groups in total. The SMILES string of the molecule is CC(=O)N[C@H](CC(=O)O)C(=O)O. The van der Waals surface area contributed by atoms with E-state index in [0.29, 0.717) is 0 Å². The van der Waals surface area contributed by atoms with Gasteiger partial charge in [-0.1, -0.05) is 0 Å². The first-order valence-corrected chi connectivity index (χ1v) is 3.15. The molecule has 1 amide bonds. The second-order valence-corrected chi connectivity index (χ2v) is 2.19. The van der Waals surface area contributed by atoms with E-state index in [9.17, 15) is 14.4 Å². The molecule has 0 fully saturated rings. The van der Waals surface area contributed by atoms with Crippen LogP contribution in [-0.2, 0) is 14.4 Å². The molecule has 68 valence electrons. The van der Waals surface area contributed by atoms with E-state index in [0.717, 1.165) is 6.92 Å². The minimum Gasteiger partial charge on any atom is -0.481 e. The zero-order valence-electron chi connectivity index (χ0n) is 6.40. The van der Waals surface area contributed by atoms with Crippen LogP contribution >= 0.6 is 0 Å². The Morgan fingerprint density at radius 2 is 1.83 bits per heavy atom. The van der Waals surface area contributed by atoms with E-state index in [1.54, 1.807) is 0 Å². The van der Waals surface area contributed by atoms with Gasteiger partial charge in [-0.05, 0) is 0 Å². The summed E-state index contributed by atoms with van der Waals surface area (Å²) >= 11 is 0. The number of aliphatic carboxylic acids is 2. The third-order valence-corrected chi connectivity index (χ3v) is 1.05. The first kappa shape index (κ1) is 10.4. The van der Waals surface area contributed by atoms with Crippen molar-refractivity contribution in [1.29, 1.82) is 0 Å². The van der Waals surface area contributed by atoms with E-state index in [-0.39, 0.29) is 0 Å². The maximum atomic E-state index is 10.4. The maximum Gasteiger partial charge on any atom is 0.326 e. The van der Waals surface area contributed by atoms with E-state index in [4.69, 9.17) is 10.2 Å². The Hall–Kier alpha value is -1.59. The van der Waals surface area contributed by atoms with Crippen LogP contribution in [0.5, 0.6) is 0 Å². The topological polar surface area (TPSA) is 104 Å². The zero-order chi connectivity index (χ0) is 9.72. The third kappa shape index (κ3) is 4.26. The van der Waals surface area contributed by atoms with Gasteiger partial charge in [-0.15, -0.1) is 0 Å². The summed E-state index contributed by atoms with van der Waals surface area (Å²) in [6.45, 7) is 1.12. The number of carboxylic acids is 2. The van der Waals surface area contributed by atoms with Crippen LogP contribution in [-0.4, -0.2) is 34.1 Å². The number of carbonyl (C=O) groups is 3. The summed E-state index contributed by atoms with van der Waals surface area (Å²) in [6, 6.07) is -1.35. The highest BCUT2D eigenvalue weighted by Gasteiger charge is 2.21. The Balaban J connectivity index is 4.14. The standard InChI is InChI=1S/C6H9NO5/c1-3(8)7-4(6(11)12)2-5(9)10/h4H,2H2,1H3,(H,7,8)(H,9,10)(H,11,12)/t4-/m1/s1. The number of rotatable bonds is 4. The molecule has 0 aliphatic heterocycles. The number of carbonyl (C=O) groups excluding carboxylic acids is 1. The van der Waals surface area contributed by atoms with Crippen LogP contribution in [0.3, 0.4) is 0 Å². The van der Waals surface area contributed by atoms with Gasteiger partial charge in [-0.2, -0.15) is 0 Å². The molecule has 0 saturated carbocycles. The first-order chi connectivity index (χ1) is 5.43. The summed E-state index contributed by atoms with van der Waals surface area (Å²) in [6.07, 6.45) is -0.616. The van der Waals surface area contributed by atoms with Gasteiger partial charge in [-0.3, -0.25) is 9.59 Å². The summed E-state index contributed by atoms with van der Waals surface area (Å²) < 4.78 is 0. The largest absolute Gasteiger partial charge is 0.481 e. The van der Waals surface area contributed by atoms with E-state index >= 15 is 0 Å². The molecule has 0 bridgehead atoms. The molecule has 6 nitrogen and oxygen atoms in total. The van der Waals surface area contributed by atoms with Crippen LogP contribution < -0.4 is 5.32 Å². The van der Waals surface area contributed by atoms with Crippen LogP contribution in [0.15, 0.2) is 0 Å². The number of hydrogen-bond donors (Lipinski definition) is 3. The summed E-state index contributed by atoms with van der Waals surface area (Å²) in [7, 11) is 0. The van der Waals surface area contributed by atoms with Crippen molar-refractivity contribution in [2.45, 2.75) is 19.4 Å². The van der Waals surface area contributed by atoms with E-state index in [1.807, 2.05) is 5.32 Å². The molecule has 0 spiro atoms. The molecule has 0 radical (unpaired) electrons. The molecule has 0 unspecified atom stereocenters. The van der Waals surface area contributed by atoms with Gasteiger partial charge in [0.2, 0.25) is 5.91 Å². The molecule has 0 aliphatic rings. The summed E-state index contributed by atoms with van der Waals surface area (Å²) in [5.41, 5.74) is 0. The highest BCUT2D eigenvalue weighted by molar-refractivity contribution is 5.85. The summed E-state index contributed by atoms with van der Waals surface area (Å²) in [5, 5.41) is 18.6. The average molecular weight is 175 g/mol.